The van der Waals surface area contributed by atoms with Crippen LogP contribution in [-0.4, -0.2) is 77.8 Å². The van der Waals surface area contributed by atoms with Crippen LogP contribution in [0.3, 0.4) is 0 Å². The molecule has 34 heavy (non-hydrogen) atoms. The van der Waals surface area contributed by atoms with Crippen LogP contribution >= 0.6 is 0 Å². The number of carbonyl (C=O) groups is 1. The predicted molar refractivity (Wildman–Crippen MR) is 123 cm³/mol. The lowest BCUT2D eigenvalue weighted by Gasteiger charge is -2.36. The first kappa shape index (κ1) is 25.1. The van der Waals surface area contributed by atoms with Crippen molar-refractivity contribution in [3.05, 3.63) is 29.3 Å². The molecule has 1 aliphatic carbocycles. The van der Waals surface area contributed by atoms with Crippen LogP contribution in [-0.2, 0) is 17.5 Å². The maximum Gasteiger partial charge on any atom is 0.416 e. The molecule has 2 heterocycles. The highest BCUT2D eigenvalue weighted by Crippen LogP contribution is 2.35. The van der Waals surface area contributed by atoms with E-state index in [-0.39, 0.29) is 12.2 Å². The first-order chi connectivity index (χ1) is 16.0. The summed E-state index contributed by atoms with van der Waals surface area (Å²) in [6.45, 7) is 10.2. The number of benzene rings is 1. The summed E-state index contributed by atoms with van der Waals surface area (Å²) in [7, 11) is 0. The first-order valence-electron chi connectivity index (χ1n) is 12.3. The topological polar surface area (TPSA) is 45.3 Å². The Hall–Kier alpha value is -2.00. The standard InChI is InChI=1S/C25H36F3N3O3/c1-24(2,3)34-23(32)31-14-12-29(13-15-31)17-18-4-5-19(25(26,27)28)16-22(18)33-21-8-10-30(11-9-21)20-6-7-20/h4-5,16,20-21H,6-15,17H2,1-3H3. The van der Waals surface area contributed by atoms with Gasteiger partial charge in [-0.1, -0.05) is 6.07 Å². The molecule has 0 spiro atoms. The van der Waals surface area contributed by atoms with Gasteiger partial charge in [0.1, 0.15) is 17.5 Å². The van der Waals surface area contributed by atoms with Crippen LogP contribution in [0, 0.1) is 0 Å². The fraction of sp³-hybridized carbons (Fsp3) is 0.720. The van der Waals surface area contributed by atoms with Crippen molar-refractivity contribution >= 4 is 6.09 Å². The van der Waals surface area contributed by atoms with E-state index in [0.29, 0.717) is 44.5 Å². The summed E-state index contributed by atoms with van der Waals surface area (Å²) < 4.78 is 51.8. The third-order valence-corrected chi connectivity index (χ3v) is 6.65. The fourth-order valence-electron chi connectivity index (χ4n) is 4.61. The highest BCUT2D eigenvalue weighted by molar-refractivity contribution is 5.68. The lowest BCUT2D eigenvalue weighted by atomic mass is 10.1. The summed E-state index contributed by atoms with van der Waals surface area (Å²) >= 11 is 0. The number of likely N-dealkylation sites (tertiary alicyclic amines) is 1. The van der Waals surface area contributed by atoms with Crippen molar-refractivity contribution < 1.29 is 27.4 Å². The number of halogens is 3. The van der Waals surface area contributed by atoms with Gasteiger partial charge in [-0.3, -0.25) is 4.90 Å². The first-order valence-corrected chi connectivity index (χ1v) is 12.3. The number of piperidine rings is 1. The Labute approximate surface area is 200 Å². The minimum atomic E-state index is -4.41. The molecule has 3 aliphatic rings. The Morgan fingerprint density at radius 3 is 2.18 bits per heavy atom. The summed E-state index contributed by atoms with van der Waals surface area (Å²) in [6, 6.07) is 4.52. The Bertz CT molecular complexity index is 851. The molecule has 1 saturated carbocycles. The van der Waals surface area contributed by atoms with Crippen LogP contribution < -0.4 is 4.74 Å². The van der Waals surface area contributed by atoms with Crippen LogP contribution in [0.1, 0.15) is 57.6 Å². The van der Waals surface area contributed by atoms with Crippen molar-refractivity contribution in [1.29, 1.82) is 0 Å². The molecule has 6 nitrogen and oxygen atoms in total. The number of nitrogens with zero attached hydrogens (tertiary/aromatic N) is 3. The molecule has 0 bridgehead atoms. The molecule has 1 amide bonds. The number of amides is 1. The van der Waals surface area contributed by atoms with Gasteiger partial charge in [-0.25, -0.2) is 4.79 Å². The molecule has 9 heteroatoms. The van der Waals surface area contributed by atoms with Gasteiger partial charge in [-0.2, -0.15) is 13.2 Å². The number of piperazine rings is 1. The zero-order chi connectivity index (χ0) is 24.5. The minimum Gasteiger partial charge on any atom is -0.490 e. The average Bonchev–Trinajstić information content (AvgIpc) is 3.59. The highest BCUT2D eigenvalue weighted by atomic mass is 19.4. The summed E-state index contributed by atoms with van der Waals surface area (Å²) in [6.07, 6.45) is -0.633. The molecule has 0 radical (unpaired) electrons. The molecule has 1 aromatic rings. The van der Waals surface area contributed by atoms with E-state index >= 15 is 0 Å². The quantitative estimate of drug-likeness (QED) is 0.604. The summed E-state index contributed by atoms with van der Waals surface area (Å²) in [4.78, 5) is 18.6. The Kier molecular flexibility index (Phi) is 7.33. The van der Waals surface area contributed by atoms with Gasteiger partial charge in [0.2, 0.25) is 0 Å². The molecule has 3 fully saturated rings. The molecule has 1 aromatic carbocycles. The molecule has 190 valence electrons. The van der Waals surface area contributed by atoms with Crippen LogP contribution in [0.15, 0.2) is 18.2 Å². The second kappa shape index (κ2) is 9.93. The number of hydrogen-bond acceptors (Lipinski definition) is 5. The number of alkyl halides is 3. The van der Waals surface area contributed by atoms with Crippen molar-refractivity contribution in [2.24, 2.45) is 0 Å². The van der Waals surface area contributed by atoms with E-state index in [9.17, 15) is 18.0 Å². The van der Waals surface area contributed by atoms with Gasteiger partial charge in [0.25, 0.3) is 0 Å². The Morgan fingerprint density at radius 1 is 0.971 bits per heavy atom. The van der Waals surface area contributed by atoms with Gasteiger partial charge >= 0.3 is 12.3 Å². The van der Waals surface area contributed by atoms with Crippen molar-refractivity contribution in [1.82, 2.24) is 14.7 Å². The molecular formula is C25H36F3N3O3. The van der Waals surface area contributed by atoms with Crippen LogP contribution in [0.25, 0.3) is 0 Å². The second-order valence-corrected chi connectivity index (χ2v) is 10.6. The molecule has 0 N–H and O–H groups in total. The molecule has 0 atom stereocenters. The molecular weight excluding hydrogens is 447 g/mol. The zero-order valence-corrected chi connectivity index (χ0v) is 20.4. The van der Waals surface area contributed by atoms with E-state index in [1.807, 2.05) is 20.8 Å². The number of ether oxygens (including phenoxy) is 2. The number of carbonyl (C=O) groups excluding carboxylic acids is 1. The van der Waals surface area contributed by atoms with E-state index in [4.69, 9.17) is 9.47 Å². The van der Waals surface area contributed by atoms with Gasteiger partial charge in [0.05, 0.1) is 5.56 Å². The molecule has 4 rings (SSSR count). The lowest BCUT2D eigenvalue weighted by Crippen LogP contribution is -2.49. The minimum absolute atomic E-state index is 0.0683. The van der Waals surface area contributed by atoms with Crippen molar-refractivity contribution in [2.45, 2.75) is 76.9 Å². The van der Waals surface area contributed by atoms with Gasteiger partial charge in [0, 0.05) is 57.4 Å². The van der Waals surface area contributed by atoms with Crippen LogP contribution in [0.5, 0.6) is 5.75 Å². The highest BCUT2D eigenvalue weighted by Gasteiger charge is 2.34. The number of rotatable bonds is 5. The summed E-state index contributed by atoms with van der Waals surface area (Å²) in [5.41, 5.74) is -0.477. The molecule has 2 saturated heterocycles. The van der Waals surface area contributed by atoms with E-state index in [0.717, 1.165) is 43.6 Å². The van der Waals surface area contributed by atoms with Crippen molar-refractivity contribution in [3.8, 4) is 5.75 Å². The second-order valence-electron chi connectivity index (χ2n) is 10.6. The van der Waals surface area contributed by atoms with E-state index < -0.39 is 17.3 Å². The Morgan fingerprint density at radius 2 is 1.62 bits per heavy atom. The van der Waals surface area contributed by atoms with E-state index in [1.165, 1.54) is 18.9 Å². The van der Waals surface area contributed by atoms with Crippen molar-refractivity contribution in [3.63, 3.8) is 0 Å². The average molecular weight is 484 g/mol. The zero-order valence-electron chi connectivity index (χ0n) is 20.4. The normalized spacial score (nSPS) is 21.5. The fourth-order valence-corrected chi connectivity index (χ4v) is 4.61. The van der Waals surface area contributed by atoms with Gasteiger partial charge in [-0.05, 0) is 58.6 Å². The number of hydrogen-bond donors (Lipinski definition) is 0. The largest absolute Gasteiger partial charge is 0.490 e. The SMILES string of the molecule is CC(C)(C)OC(=O)N1CCN(Cc2ccc(C(F)(F)F)cc2OC2CCN(C3CC3)CC2)CC1. The molecule has 0 unspecified atom stereocenters. The van der Waals surface area contributed by atoms with Gasteiger partial charge < -0.3 is 19.3 Å². The van der Waals surface area contributed by atoms with Gasteiger partial charge in [0.15, 0.2) is 0 Å². The summed E-state index contributed by atoms with van der Waals surface area (Å²) in [5.74, 6) is 0.328. The van der Waals surface area contributed by atoms with Crippen LogP contribution in [0.2, 0.25) is 0 Å². The smallest absolute Gasteiger partial charge is 0.416 e. The monoisotopic (exact) mass is 483 g/mol. The predicted octanol–water partition coefficient (Wildman–Crippen LogP) is 4.76. The molecule has 0 aromatic heterocycles. The third kappa shape index (κ3) is 6.78. The Balaban J connectivity index is 1.38. The summed E-state index contributed by atoms with van der Waals surface area (Å²) in [5, 5.41) is 0. The van der Waals surface area contributed by atoms with E-state index in [2.05, 4.69) is 9.80 Å². The third-order valence-electron chi connectivity index (χ3n) is 6.65. The van der Waals surface area contributed by atoms with E-state index in [1.54, 1.807) is 4.90 Å². The van der Waals surface area contributed by atoms with Crippen LogP contribution in [0.4, 0.5) is 18.0 Å². The van der Waals surface area contributed by atoms with Crippen molar-refractivity contribution in [2.75, 3.05) is 39.3 Å². The maximum atomic E-state index is 13.4. The molecule has 2 aliphatic heterocycles. The lowest BCUT2D eigenvalue weighted by molar-refractivity contribution is -0.137. The van der Waals surface area contributed by atoms with Gasteiger partial charge in [-0.15, -0.1) is 0 Å². The maximum absolute atomic E-state index is 13.4.